The first kappa shape index (κ1) is 44.7. The lowest BCUT2D eigenvalue weighted by atomic mass is 9.95. The minimum absolute atomic E-state index is 0.173. The van der Waals surface area contributed by atoms with E-state index in [2.05, 4.69) is 31.9 Å². The van der Waals surface area contributed by atoms with Crippen LogP contribution < -0.4 is 49.1 Å². The number of carbonyl (C=O) groups is 8. The Bertz CT molecular complexity index is 1160. The summed E-state index contributed by atoms with van der Waals surface area (Å²) < 4.78 is 0. The van der Waals surface area contributed by atoms with Gasteiger partial charge in [-0.05, 0) is 56.9 Å². The molecule has 0 aliphatic rings. The fraction of sp³-hybridized carbons (Fsp3) is 0.750. The molecule has 0 radical (unpaired) electrons. The fourth-order valence-electron chi connectivity index (χ4n) is 4.75. The topological polar surface area (TPSA) is 287 Å². The van der Waals surface area contributed by atoms with Crippen LogP contribution in [0.4, 0.5) is 0 Å². The van der Waals surface area contributed by atoms with Crippen molar-refractivity contribution in [3.8, 4) is 0 Å². The van der Waals surface area contributed by atoms with Crippen LogP contribution in [0, 0.1) is 17.8 Å². The Labute approximate surface area is 289 Å². The van der Waals surface area contributed by atoms with Crippen molar-refractivity contribution < 1.29 is 38.4 Å². The van der Waals surface area contributed by atoms with Crippen molar-refractivity contribution in [2.45, 2.75) is 130 Å². The second kappa shape index (κ2) is 22.4. The van der Waals surface area contributed by atoms with E-state index in [1.165, 1.54) is 13.8 Å². The third kappa shape index (κ3) is 16.6. The van der Waals surface area contributed by atoms with E-state index in [4.69, 9.17) is 17.2 Å². The normalized spacial score (nSPS) is 15.4. The number of hydrogen-bond acceptors (Lipinski definition) is 9. The Balaban J connectivity index is 5.94. The zero-order chi connectivity index (χ0) is 38.0. The summed E-state index contributed by atoms with van der Waals surface area (Å²) in [5.74, 6) is -6.56. The molecule has 49 heavy (non-hydrogen) atoms. The lowest BCUT2D eigenvalue weighted by Crippen LogP contribution is -2.61. The first-order chi connectivity index (χ1) is 22.8. The predicted molar refractivity (Wildman–Crippen MR) is 183 cm³/mol. The lowest BCUT2D eigenvalue weighted by molar-refractivity contribution is -0.136. The predicted octanol–water partition coefficient (Wildman–Crippen LogP) is -1.83. The molecule has 0 rings (SSSR count). The Morgan fingerprint density at radius 1 is 0.571 bits per heavy atom. The molecule has 0 aliphatic heterocycles. The molecule has 0 heterocycles. The smallest absolute Gasteiger partial charge is 0.243 e. The summed E-state index contributed by atoms with van der Waals surface area (Å²) in [6.45, 7) is 13.4. The monoisotopic (exact) mass is 697 g/mol. The molecule has 12 N–H and O–H groups in total. The molecule has 0 aromatic heterocycles. The average molecular weight is 698 g/mol. The SMILES string of the molecule is CC[C@H](C)[C@H](NC(=O)[C@H](CCC(N)=O)NC(=O)[C@@H](NC(C)=O)C(C)C)C(=O)N[C@H](C(=O)N[C@@H](C)C(=O)N[C@@H](CCCCN)C(N)=O)C(C)C. The quantitative estimate of drug-likeness (QED) is 0.0542. The number of rotatable bonds is 23. The van der Waals surface area contributed by atoms with E-state index in [1.807, 2.05) is 0 Å². The van der Waals surface area contributed by atoms with Crippen LogP contribution in [0.1, 0.15) is 93.9 Å². The summed E-state index contributed by atoms with van der Waals surface area (Å²) >= 11 is 0. The Kier molecular flexibility index (Phi) is 20.4. The highest BCUT2D eigenvalue weighted by Crippen LogP contribution is 2.12. The van der Waals surface area contributed by atoms with Gasteiger partial charge in [-0.25, -0.2) is 0 Å². The summed E-state index contributed by atoms with van der Waals surface area (Å²) in [6, 6.07) is -6.58. The Hall–Kier alpha value is -4.28. The Morgan fingerprint density at radius 3 is 1.53 bits per heavy atom. The minimum atomic E-state index is -1.28. The highest BCUT2D eigenvalue weighted by atomic mass is 16.2. The third-order valence-electron chi connectivity index (χ3n) is 8.02. The van der Waals surface area contributed by atoms with Crippen LogP contribution in [0.5, 0.6) is 0 Å². The Morgan fingerprint density at radius 2 is 1.06 bits per heavy atom. The van der Waals surface area contributed by atoms with Gasteiger partial charge in [-0.3, -0.25) is 38.4 Å². The zero-order valence-corrected chi connectivity index (χ0v) is 30.1. The number of carbonyl (C=O) groups excluding carboxylic acids is 8. The van der Waals surface area contributed by atoms with Gasteiger partial charge in [0.15, 0.2) is 0 Å². The van der Waals surface area contributed by atoms with E-state index in [1.54, 1.807) is 41.5 Å². The van der Waals surface area contributed by atoms with Crippen molar-refractivity contribution >= 4 is 47.3 Å². The molecule has 7 atom stereocenters. The maximum Gasteiger partial charge on any atom is 0.243 e. The highest BCUT2D eigenvalue weighted by Gasteiger charge is 2.35. The van der Waals surface area contributed by atoms with Crippen LogP contribution in [0.15, 0.2) is 0 Å². The molecule has 0 bridgehead atoms. The molecule has 8 amide bonds. The summed E-state index contributed by atoms with van der Waals surface area (Å²) in [7, 11) is 0. The molecular formula is C32H59N9O8. The van der Waals surface area contributed by atoms with E-state index >= 15 is 0 Å². The van der Waals surface area contributed by atoms with Crippen molar-refractivity contribution in [3.63, 3.8) is 0 Å². The third-order valence-corrected chi connectivity index (χ3v) is 8.02. The van der Waals surface area contributed by atoms with Crippen LogP contribution in [0.2, 0.25) is 0 Å². The molecule has 0 spiro atoms. The molecule has 0 unspecified atom stereocenters. The second-order valence-electron chi connectivity index (χ2n) is 13.1. The summed E-state index contributed by atoms with van der Waals surface area (Å²) in [5.41, 5.74) is 16.2. The van der Waals surface area contributed by atoms with Gasteiger partial charge < -0.3 is 49.1 Å². The molecule has 0 saturated heterocycles. The van der Waals surface area contributed by atoms with Crippen molar-refractivity contribution in [1.82, 2.24) is 31.9 Å². The van der Waals surface area contributed by atoms with Crippen LogP contribution in [0.3, 0.4) is 0 Å². The maximum atomic E-state index is 13.6. The second-order valence-corrected chi connectivity index (χ2v) is 13.1. The number of nitrogens with two attached hydrogens (primary N) is 3. The number of unbranched alkanes of at least 4 members (excludes halogenated alkanes) is 1. The largest absolute Gasteiger partial charge is 0.370 e. The van der Waals surface area contributed by atoms with Crippen molar-refractivity contribution in [2.24, 2.45) is 35.0 Å². The van der Waals surface area contributed by atoms with Crippen molar-refractivity contribution in [1.29, 1.82) is 0 Å². The molecular weight excluding hydrogens is 638 g/mol. The first-order valence-corrected chi connectivity index (χ1v) is 16.8. The van der Waals surface area contributed by atoms with Gasteiger partial charge in [-0.15, -0.1) is 0 Å². The molecule has 280 valence electrons. The fourth-order valence-corrected chi connectivity index (χ4v) is 4.75. The standard InChI is InChI=1S/C32H59N9O8/c1-9-18(6)26(41-29(46)22(13-14-23(34)43)39-31(48)24(16(2)3)37-20(8)42)32(49)40-25(17(4)5)30(47)36-19(7)28(45)38-21(27(35)44)12-10-11-15-33/h16-19,21-22,24-26H,9-15,33H2,1-8H3,(H2,34,43)(H2,35,44)(H,36,47)(H,37,42)(H,38,45)(H,39,48)(H,40,49)(H,41,46)/t18-,19-,21-,22-,24-,25-,26-/m0/s1. The molecule has 0 aromatic rings. The van der Waals surface area contributed by atoms with Gasteiger partial charge in [0, 0.05) is 13.3 Å². The van der Waals surface area contributed by atoms with E-state index in [0.717, 1.165) is 0 Å². The molecule has 17 nitrogen and oxygen atoms in total. The first-order valence-electron chi connectivity index (χ1n) is 16.8. The van der Waals surface area contributed by atoms with Crippen LogP contribution in [-0.2, 0) is 38.4 Å². The molecule has 0 aliphatic carbocycles. The number of amides is 8. The van der Waals surface area contributed by atoms with E-state index < -0.39 is 95.3 Å². The highest BCUT2D eigenvalue weighted by molar-refractivity contribution is 5.97. The van der Waals surface area contributed by atoms with Gasteiger partial charge in [0.25, 0.3) is 0 Å². The van der Waals surface area contributed by atoms with Crippen LogP contribution in [-0.4, -0.2) is 90.1 Å². The number of primary amides is 2. The van der Waals surface area contributed by atoms with Gasteiger partial charge in [-0.2, -0.15) is 0 Å². The van der Waals surface area contributed by atoms with Crippen molar-refractivity contribution in [2.75, 3.05) is 6.54 Å². The van der Waals surface area contributed by atoms with E-state index in [0.29, 0.717) is 25.8 Å². The van der Waals surface area contributed by atoms with Crippen LogP contribution >= 0.6 is 0 Å². The molecule has 0 aromatic carbocycles. The van der Waals surface area contributed by atoms with Gasteiger partial charge in [-0.1, -0.05) is 48.0 Å². The average Bonchev–Trinajstić information content (AvgIpc) is 3.01. The molecule has 0 saturated carbocycles. The van der Waals surface area contributed by atoms with Gasteiger partial charge >= 0.3 is 0 Å². The van der Waals surface area contributed by atoms with Crippen LogP contribution in [0.25, 0.3) is 0 Å². The zero-order valence-electron chi connectivity index (χ0n) is 30.1. The van der Waals surface area contributed by atoms with Gasteiger partial charge in [0.05, 0.1) is 0 Å². The lowest BCUT2D eigenvalue weighted by Gasteiger charge is -2.30. The molecule has 0 fully saturated rings. The molecule has 17 heteroatoms. The number of nitrogens with one attached hydrogen (secondary N) is 6. The van der Waals surface area contributed by atoms with Gasteiger partial charge in [0.2, 0.25) is 47.3 Å². The summed E-state index contributed by atoms with van der Waals surface area (Å²) in [4.78, 5) is 101. The maximum absolute atomic E-state index is 13.6. The van der Waals surface area contributed by atoms with Gasteiger partial charge in [0.1, 0.15) is 36.3 Å². The van der Waals surface area contributed by atoms with Crippen molar-refractivity contribution in [3.05, 3.63) is 0 Å². The summed E-state index contributed by atoms with van der Waals surface area (Å²) in [5, 5.41) is 15.5. The number of hydrogen-bond donors (Lipinski definition) is 9. The minimum Gasteiger partial charge on any atom is -0.370 e. The van der Waals surface area contributed by atoms with E-state index in [-0.39, 0.29) is 25.2 Å². The summed E-state index contributed by atoms with van der Waals surface area (Å²) in [6.07, 6.45) is 1.51. The van der Waals surface area contributed by atoms with E-state index in [9.17, 15) is 38.4 Å².